The van der Waals surface area contributed by atoms with Crippen LogP contribution in [-0.4, -0.2) is 27.7 Å². The highest BCUT2D eigenvalue weighted by Crippen LogP contribution is 2.45. The summed E-state index contributed by atoms with van der Waals surface area (Å²) < 4.78 is 1.78. The molecule has 0 fully saturated rings. The van der Waals surface area contributed by atoms with Gasteiger partial charge in [-0.25, -0.2) is 0 Å². The predicted octanol–water partition coefficient (Wildman–Crippen LogP) is 3.50. The van der Waals surface area contributed by atoms with Crippen molar-refractivity contribution in [3.8, 4) is 0 Å². The Morgan fingerprint density at radius 1 is 0.621 bits per heavy atom. The molecule has 0 atom stereocenters. The second-order valence-corrected chi connectivity index (χ2v) is 7.57. The summed E-state index contributed by atoms with van der Waals surface area (Å²) in [6, 6.07) is 16.9. The molecule has 0 saturated carbocycles. The minimum atomic E-state index is -1.09. The molecule has 0 aliphatic heterocycles. The molecule has 0 bridgehead atoms. The zero-order valence-electron chi connectivity index (χ0n) is 15.7. The Bertz CT molecular complexity index is 1070. The normalized spacial score (nSPS) is 16.8. The van der Waals surface area contributed by atoms with Crippen LogP contribution in [0, 0.1) is 11.8 Å². The summed E-state index contributed by atoms with van der Waals surface area (Å²) in [7, 11) is 1.79. The Labute approximate surface area is 167 Å². The van der Waals surface area contributed by atoms with Gasteiger partial charge in [0, 0.05) is 47.1 Å². The summed E-state index contributed by atoms with van der Waals surface area (Å²) >= 11 is 0. The largest absolute Gasteiger partial charge is 0.354 e. The first-order valence-corrected chi connectivity index (χ1v) is 9.47. The van der Waals surface area contributed by atoms with Gasteiger partial charge in [-0.2, -0.15) is 0 Å². The molecule has 3 aromatic rings. The van der Waals surface area contributed by atoms with Crippen molar-refractivity contribution in [2.45, 2.75) is 5.92 Å². The van der Waals surface area contributed by atoms with Crippen molar-refractivity contribution in [1.82, 2.24) is 4.57 Å². The van der Waals surface area contributed by atoms with Crippen LogP contribution in [0.1, 0.15) is 53.0 Å². The monoisotopic (exact) mass is 383 g/mol. The van der Waals surface area contributed by atoms with E-state index in [1.807, 2.05) is 0 Å². The maximum absolute atomic E-state index is 13.2. The van der Waals surface area contributed by atoms with E-state index < -0.39 is 17.8 Å². The lowest BCUT2D eigenvalue weighted by atomic mass is 9.74. The summed E-state index contributed by atoms with van der Waals surface area (Å²) in [6.07, 6.45) is 1.79. The van der Waals surface area contributed by atoms with Crippen LogP contribution in [0.3, 0.4) is 0 Å². The highest BCUT2D eigenvalue weighted by atomic mass is 16.2. The average molecular weight is 383 g/mol. The third kappa shape index (κ3) is 2.34. The molecular weight excluding hydrogens is 366 g/mol. The molecule has 5 rings (SSSR count). The molecule has 29 heavy (non-hydrogen) atoms. The van der Waals surface area contributed by atoms with E-state index >= 15 is 0 Å². The van der Waals surface area contributed by atoms with Gasteiger partial charge in [0.1, 0.15) is 0 Å². The highest BCUT2D eigenvalue weighted by Gasteiger charge is 2.53. The molecule has 0 spiro atoms. The molecule has 1 aromatic heterocycles. The van der Waals surface area contributed by atoms with Crippen LogP contribution < -0.4 is 0 Å². The van der Waals surface area contributed by atoms with Gasteiger partial charge in [-0.15, -0.1) is 0 Å². The average Bonchev–Trinajstić information content (AvgIpc) is 3.35. The molecule has 142 valence electrons. The first-order chi connectivity index (χ1) is 14.0. The quantitative estimate of drug-likeness (QED) is 0.649. The van der Waals surface area contributed by atoms with Crippen LogP contribution in [0.2, 0.25) is 0 Å². The number of nitrogens with zero attached hydrogens (tertiary/aromatic N) is 1. The van der Waals surface area contributed by atoms with Gasteiger partial charge in [-0.3, -0.25) is 19.2 Å². The molecule has 0 saturated heterocycles. The molecule has 0 radical (unpaired) electrons. The predicted molar refractivity (Wildman–Crippen MR) is 105 cm³/mol. The minimum Gasteiger partial charge on any atom is -0.354 e. The number of aryl methyl sites for hydroxylation is 1. The summed E-state index contributed by atoms with van der Waals surface area (Å²) in [6.45, 7) is 0. The molecule has 5 nitrogen and oxygen atoms in total. The van der Waals surface area contributed by atoms with Crippen molar-refractivity contribution < 1.29 is 19.2 Å². The third-order valence-electron chi connectivity index (χ3n) is 6.09. The van der Waals surface area contributed by atoms with Gasteiger partial charge in [0.25, 0.3) is 0 Å². The zero-order valence-corrected chi connectivity index (χ0v) is 15.7. The SMILES string of the molecule is Cn1cccc1C(C1C(=O)c2ccccc2C1=O)C1C(=O)c2ccccc2C1=O. The number of carbonyl (C=O) groups excluding carboxylic acids is 4. The number of hydrogen-bond donors (Lipinski definition) is 0. The minimum absolute atomic E-state index is 0.326. The van der Waals surface area contributed by atoms with E-state index in [-0.39, 0.29) is 23.1 Å². The van der Waals surface area contributed by atoms with E-state index in [1.54, 1.807) is 78.5 Å². The lowest BCUT2D eigenvalue weighted by molar-refractivity contribution is 0.0724. The van der Waals surface area contributed by atoms with Gasteiger partial charge in [-0.1, -0.05) is 48.5 Å². The van der Waals surface area contributed by atoms with Crippen LogP contribution in [0.5, 0.6) is 0 Å². The summed E-state index contributed by atoms with van der Waals surface area (Å²) in [5.41, 5.74) is 2.06. The fourth-order valence-electron chi connectivity index (χ4n) is 4.74. The van der Waals surface area contributed by atoms with Crippen LogP contribution in [-0.2, 0) is 7.05 Å². The van der Waals surface area contributed by atoms with E-state index in [0.29, 0.717) is 27.9 Å². The standard InChI is InChI=1S/C24H17NO4/c1-25-12-6-11-17(25)18(19-21(26)13-7-2-3-8-14(13)22(19)27)20-23(28)15-9-4-5-10-16(15)24(20)29/h2-12,18-20H,1H3. The number of ketones is 4. The number of benzene rings is 2. The number of fused-ring (bicyclic) bond motifs is 2. The van der Waals surface area contributed by atoms with E-state index in [2.05, 4.69) is 0 Å². The second kappa shape index (κ2) is 6.21. The first-order valence-electron chi connectivity index (χ1n) is 9.47. The van der Waals surface area contributed by atoms with Crippen molar-refractivity contribution in [2.24, 2.45) is 18.9 Å². The number of hydrogen-bond acceptors (Lipinski definition) is 4. The molecule has 2 aromatic carbocycles. The maximum atomic E-state index is 13.2. The van der Waals surface area contributed by atoms with E-state index in [1.165, 1.54) is 0 Å². The molecule has 1 heterocycles. The van der Waals surface area contributed by atoms with Crippen molar-refractivity contribution in [3.63, 3.8) is 0 Å². The van der Waals surface area contributed by atoms with E-state index in [0.717, 1.165) is 0 Å². The Morgan fingerprint density at radius 2 is 1.00 bits per heavy atom. The number of aromatic nitrogens is 1. The van der Waals surface area contributed by atoms with E-state index in [9.17, 15) is 19.2 Å². The van der Waals surface area contributed by atoms with Crippen molar-refractivity contribution in [1.29, 1.82) is 0 Å². The molecule has 0 N–H and O–H groups in total. The Balaban J connectivity index is 1.69. The van der Waals surface area contributed by atoms with Crippen molar-refractivity contribution in [2.75, 3.05) is 0 Å². The lowest BCUT2D eigenvalue weighted by Crippen LogP contribution is -2.35. The fourth-order valence-corrected chi connectivity index (χ4v) is 4.74. The molecule has 5 heteroatoms. The Hall–Kier alpha value is -3.60. The number of carbonyl (C=O) groups is 4. The van der Waals surface area contributed by atoms with Gasteiger partial charge in [0.2, 0.25) is 0 Å². The smallest absolute Gasteiger partial charge is 0.175 e. The number of rotatable bonds is 3. The highest BCUT2D eigenvalue weighted by molar-refractivity contribution is 6.30. The Kier molecular flexibility index (Phi) is 3.74. The summed E-state index contributed by atoms with van der Waals surface area (Å²) in [5, 5.41) is 0. The number of Topliss-reactive ketones (excluding diaryl/α,β-unsaturated/α-hetero) is 4. The van der Waals surface area contributed by atoms with E-state index in [4.69, 9.17) is 0 Å². The van der Waals surface area contributed by atoms with Gasteiger partial charge in [0.05, 0.1) is 11.8 Å². The molecule has 0 amide bonds. The van der Waals surface area contributed by atoms with Gasteiger partial charge >= 0.3 is 0 Å². The van der Waals surface area contributed by atoms with Gasteiger partial charge < -0.3 is 4.57 Å². The van der Waals surface area contributed by atoms with Crippen LogP contribution >= 0.6 is 0 Å². The first kappa shape index (κ1) is 17.5. The van der Waals surface area contributed by atoms with Crippen LogP contribution in [0.4, 0.5) is 0 Å². The van der Waals surface area contributed by atoms with Crippen LogP contribution in [0.15, 0.2) is 66.9 Å². The van der Waals surface area contributed by atoms with Gasteiger partial charge in [-0.05, 0) is 12.1 Å². The molecule has 2 aliphatic carbocycles. The van der Waals surface area contributed by atoms with Gasteiger partial charge in [0.15, 0.2) is 23.1 Å². The third-order valence-corrected chi connectivity index (χ3v) is 6.09. The summed E-state index contributed by atoms with van der Waals surface area (Å²) in [4.78, 5) is 53.0. The summed E-state index contributed by atoms with van der Waals surface area (Å²) in [5.74, 6) is -4.33. The lowest BCUT2D eigenvalue weighted by Gasteiger charge is -2.26. The van der Waals surface area contributed by atoms with Crippen molar-refractivity contribution in [3.05, 3.63) is 94.8 Å². The topological polar surface area (TPSA) is 73.2 Å². The Morgan fingerprint density at radius 3 is 1.31 bits per heavy atom. The fraction of sp³-hybridized carbons (Fsp3) is 0.167. The second-order valence-electron chi connectivity index (χ2n) is 7.57. The maximum Gasteiger partial charge on any atom is 0.175 e. The van der Waals surface area contributed by atoms with Crippen LogP contribution in [0.25, 0.3) is 0 Å². The van der Waals surface area contributed by atoms with Crippen molar-refractivity contribution >= 4 is 23.1 Å². The molecule has 2 aliphatic rings. The molecule has 0 unspecified atom stereocenters. The molecular formula is C24H17NO4. The zero-order chi connectivity index (χ0) is 20.3.